The van der Waals surface area contributed by atoms with Gasteiger partial charge in [-0.15, -0.1) is 0 Å². The van der Waals surface area contributed by atoms with Gasteiger partial charge in [-0.1, -0.05) is 11.6 Å². The van der Waals surface area contributed by atoms with Crippen molar-refractivity contribution in [2.24, 2.45) is 0 Å². The Hall–Kier alpha value is -2.26. The van der Waals surface area contributed by atoms with Crippen LogP contribution in [0.2, 0.25) is 0 Å². The zero-order valence-corrected chi connectivity index (χ0v) is 9.53. The first-order valence-corrected chi connectivity index (χ1v) is 4.79. The highest BCUT2D eigenvalue weighted by atomic mass is 16.5. The number of aryl methyl sites for hydroxylation is 2. The van der Waals surface area contributed by atoms with Gasteiger partial charge < -0.3 is 4.74 Å². The summed E-state index contributed by atoms with van der Waals surface area (Å²) < 4.78 is 5.26. The zero-order chi connectivity index (χ0) is 12.1. The lowest BCUT2D eigenvalue weighted by Crippen LogP contribution is -1.92. The van der Waals surface area contributed by atoms with E-state index in [-0.39, 0.29) is 5.57 Å². The minimum Gasteiger partial charge on any atom is -0.496 e. The van der Waals surface area contributed by atoms with E-state index >= 15 is 0 Å². The summed E-state index contributed by atoms with van der Waals surface area (Å²) in [5.74, 6) is 0.702. The molecular weight excluding hydrogens is 200 g/mol. The Bertz CT molecular complexity index is 500. The zero-order valence-electron chi connectivity index (χ0n) is 9.53. The predicted molar refractivity (Wildman–Crippen MR) is 61.7 cm³/mol. The molecule has 0 aliphatic carbocycles. The molecule has 1 aromatic carbocycles. The fraction of sp³-hybridized carbons (Fsp3) is 0.231. The van der Waals surface area contributed by atoms with Crippen LogP contribution in [0.3, 0.4) is 0 Å². The van der Waals surface area contributed by atoms with E-state index in [4.69, 9.17) is 15.3 Å². The molecule has 0 amide bonds. The van der Waals surface area contributed by atoms with Gasteiger partial charge >= 0.3 is 0 Å². The predicted octanol–water partition coefficient (Wildman–Crippen LogP) is 2.74. The molecule has 0 fully saturated rings. The second-order valence-electron chi connectivity index (χ2n) is 3.49. The van der Waals surface area contributed by atoms with Crippen LogP contribution in [0.4, 0.5) is 0 Å². The molecule has 0 atom stereocenters. The third-order valence-corrected chi connectivity index (χ3v) is 2.19. The van der Waals surface area contributed by atoms with Gasteiger partial charge in [-0.25, -0.2) is 0 Å². The quantitative estimate of drug-likeness (QED) is 0.708. The summed E-state index contributed by atoms with van der Waals surface area (Å²) in [7, 11) is 1.58. The molecule has 80 valence electrons. The van der Waals surface area contributed by atoms with Gasteiger partial charge in [0.25, 0.3) is 0 Å². The number of methoxy groups -OCH3 is 1. The van der Waals surface area contributed by atoms with E-state index in [1.165, 1.54) is 0 Å². The van der Waals surface area contributed by atoms with E-state index in [0.717, 1.165) is 16.7 Å². The molecule has 0 N–H and O–H groups in total. The highest BCUT2D eigenvalue weighted by Crippen LogP contribution is 2.26. The normalized spacial score (nSPS) is 8.81. The first-order valence-electron chi connectivity index (χ1n) is 4.79. The van der Waals surface area contributed by atoms with Crippen LogP contribution in [0.15, 0.2) is 17.7 Å². The summed E-state index contributed by atoms with van der Waals surface area (Å²) in [4.78, 5) is 0. The Balaban J connectivity index is 3.40. The number of hydrogen-bond acceptors (Lipinski definition) is 3. The molecule has 3 nitrogen and oxygen atoms in total. The van der Waals surface area contributed by atoms with Crippen molar-refractivity contribution in [1.82, 2.24) is 0 Å². The maximum absolute atomic E-state index is 8.71. The molecule has 0 spiro atoms. The molecule has 0 bridgehead atoms. The van der Waals surface area contributed by atoms with Crippen molar-refractivity contribution in [3.05, 3.63) is 34.4 Å². The van der Waals surface area contributed by atoms with Crippen molar-refractivity contribution in [2.45, 2.75) is 13.8 Å². The summed E-state index contributed by atoms with van der Waals surface area (Å²) in [5, 5.41) is 17.4. The number of allylic oxidation sites excluding steroid dienone is 1. The van der Waals surface area contributed by atoms with Gasteiger partial charge in [0, 0.05) is 5.56 Å². The summed E-state index contributed by atoms with van der Waals surface area (Å²) in [6, 6.07) is 7.55. The fourth-order valence-electron chi connectivity index (χ4n) is 1.62. The first-order chi connectivity index (χ1) is 7.62. The third-order valence-electron chi connectivity index (χ3n) is 2.19. The van der Waals surface area contributed by atoms with Gasteiger partial charge in [-0.05, 0) is 31.6 Å². The van der Waals surface area contributed by atoms with Crippen LogP contribution in [0.25, 0.3) is 6.08 Å². The van der Waals surface area contributed by atoms with Gasteiger partial charge in [0.15, 0.2) is 0 Å². The summed E-state index contributed by atoms with van der Waals surface area (Å²) in [5.41, 5.74) is 2.89. The molecule has 0 radical (unpaired) electrons. The highest BCUT2D eigenvalue weighted by molar-refractivity contribution is 5.68. The molecule has 3 heteroatoms. The van der Waals surface area contributed by atoms with E-state index in [9.17, 15) is 0 Å². The Morgan fingerprint density at radius 2 is 1.88 bits per heavy atom. The molecule has 0 aliphatic rings. The largest absolute Gasteiger partial charge is 0.496 e. The highest BCUT2D eigenvalue weighted by Gasteiger charge is 2.06. The molecule has 0 heterocycles. The van der Waals surface area contributed by atoms with Gasteiger partial charge in [0.1, 0.15) is 23.5 Å². The van der Waals surface area contributed by atoms with Crippen LogP contribution in [0.1, 0.15) is 16.7 Å². The van der Waals surface area contributed by atoms with Crippen molar-refractivity contribution >= 4 is 6.08 Å². The lowest BCUT2D eigenvalue weighted by atomic mass is 10.0. The molecule has 0 unspecified atom stereocenters. The smallest absolute Gasteiger partial charge is 0.130 e. The van der Waals surface area contributed by atoms with E-state index in [2.05, 4.69) is 0 Å². The van der Waals surface area contributed by atoms with Gasteiger partial charge in [-0.2, -0.15) is 10.5 Å². The van der Waals surface area contributed by atoms with Crippen LogP contribution in [-0.4, -0.2) is 7.11 Å². The first kappa shape index (κ1) is 11.8. The minimum atomic E-state index is 0.0725. The Kier molecular flexibility index (Phi) is 3.69. The monoisotopic (exact) mass is 212 g/mol. The second-order valence-corrected chi connectivity index (χ2v) is 3.49. The van der Waals surface area contributed by atoms with Crippen LogP contribution in [-0.2, 0) is 0 Å². The van der Waals surface area contributed by atoms with E-state index in [1.807, 2.05) is 38.1 Å². The van der Waals surface area contributed by atoms with Crippen LogP contribution < -0.4 is 4.74 Å². The average molecular weight is 212 g/mol. The van der Waals surface area contributed by atoms with Crippen molar-refractivity contribution in [3.8, 4) is 17.9 Å². The van der Waals surface area contributed by atoms with E-state index in [1.54, 1.807) is 13.2 Å². The second kappa shape index (κ2) is 5.00. The summed E-state index contributed by atoms with van der Waals surface area (Å²) in [6.07, 6.45) is 1.54. The fourth-order valence-corrected chi connectivity index (χ4v) is 1.62. The molecule has 1 aromatic rings. The number of ether oxygens (including phenoxy) is 1. The lowest BCUT2D eigenvalue weighted by Gasteiger charge is -2.09. The molecule has 1 rings (SSSR count). The molecule has 0 saturated carbocycles. The lowest BCUT2D eigenvalue weighted by molar-refractivity contribution is 0.410. The number of nitrogens with zero attached hydrogens (tertiary/aromatic N) is 2. The van der Waals surface area contributed by atoms with Crippen molar-refractivity contribution in [3.63, 3.8) is 0 Å². The van der Waals surface area contributed by atoms with E-state index in [0.29, 0.717) is 5.75 Å². The van der Waals surface area contributed by atoms with Crippen molar-refractivity contribution < 1.29 is 4.74 Å². The average Bonchev–Trinajstić information content (AvgIpc) is 2.25. The Labute approximate surface area is 95.2 Å². The Morgan fingerprint density at radius 1 is 1.25 bits per heavy atom. The maximum atomic E-state index is 8.71. The molecule has 0 aromatic heterocycles. The van der Waals surface area contributed by atoms with Crippen LogP contribution >= 0.6 is 0 Å². The minimum absolute atomic E-state index is 0.0725. The topological polar surface area (TPSA) is 56.8 Å². The van der Waals surface area contributed by atoms with Crippen molar-refractivity contribution in [1.29, 1.82) is 10.5 Å². The number of nitriles is 2. The molecular formula is C13H12N2O. The standard InChI is InChI=1S/C13H12N2O/c1-9-4-10(2)13(16-3)12(5-9)6-11(7-14)8-15/h4-6H,1-3H3. The number of hydrogen-bond donors (Lipinski definition) is 0. The maximum Gasteiger partial charge on any atom is 0.130 e. The Morgan fingerprint density at radius 3 is 2.38 bits per heavy atom. The van der Waals surface area contributed by atoms with E-state index < -0.39 is 0 Å². The SMILES string of the molecule is COc1c(C)cc(C)cc1C=C(C#N)C#N. The molecule has 16 heavy (non-hydrogen) atoms. The number of benzene rings is 1. The summed E-state index contributed by atoms with van der Waals surface area (Å²) >= 11 is 0. The van der Waals surface area contributed by atoms with Gasteiger partial charge in [0.2, 0.25) is 0 Å². The number of rotatable bonds is 2. The third kappa shape index (κ3) is 2.40. The van der Waals surface area contributed by atoms with Gasteiger partial charge in [0.05, 0.1) is 7.11 Å². The van der Waals surface area contributed by atoms with Gasteiger partial charge in [-0.3, -0.25) is 0 Å². The summed E-state index contributed by atoms with van der Waals surface area (Å²) in [6.45, 7) is 3.89. The van der Waals surface area contributed by atoms with Crippen LogP contribution in [0, 0.1) is 36.5 Å². The van der Waals surface area contributed by atoms with Crippen LogP contribution in [0.5, 0.6) is 5.75 Å². The molecule has 0 aliphatic heterocycles. The molecule has 0 saturated heterocycles. The van der Waals surface area contributed by atoms with Crippen molar-refractivity contribution in [2.75, 3.05) is 7.11 Å².